The number of hydrogen-bond donors (Lipinski definition) is 1. The highest BCUT2D eigenvalue weighted by Gasteiger charge is 2.11. The number of nitrogens with one attached hydrogen (secondary N) is 1. The van der Waals surface area contributed by atoms with E-state index >= 15 is 0 Å². The van der Waals surface area contributed by atoms with Gasteiger partial charge in [0.15, 0.2) is 0 Å². The number of amides is 1. The number of rotatable bonds is 8. The molecule has 0 heterocycles. The number of hydrogen-bond acceptors (Lipinski definition) is 3. The van der Waals surface area contributed by atoms with Crippen molar-refractivity contribution in [2.45, 2.75) is 45.3 Å². The minimum Gasteiger partial charge on any atom is -0.445 e. The average Bonchev–Trinajstić information content (AvgIpc) is 2.45. The summed E-state index contributed by atoms with van der Waals surface area (Å²) in [6.45, 7) is 2.31. The first-order valence-electron chi connectivity index (χ1n) is 6.68. The van der Waals surface area contributed by atoms with Crippen molar-refractivity contribution < 1.29 is 14.3 Å². The Bertz CT molecular complexity index is 378. The summed E-state index contributed by atoms with van der Waals surface area (Å²) in [6, 6.07) is 8.98. The van der Waals surface area contributed by atoms with Crippen LogP contribution >= 0.6 is 0 Å². The van der Waals surface area contributed by atoms with Gasteiger partial charge in [-0.2, -0.15) is 0 Å². The molecule has 104 valence electrons. The molecule has 0 saturated carbocycles. The fourth-order valence-electron chi connectivity index (χ4n) is 1.70. The topological polar surface area (TPSA) is 55.4 Å². The third-order valence-electron chi connectivity index (χ3n) is 2.80. The Hall–Kier alpha value is -1.84. The van der Waals surface area contributed by atoms with Crippen LogP contribution < -0.4 is 5.32 Å². The summed E-state index contributed by atoms with van der Waals surface area (Å²) in [5.41, 5.74) is 0.922. The third kappa shape index (κ3) is 6.60. The molecule has 0 bridgehead atoms. The molecular formula is C15H21NO3. The van der Waals surface area contributed by atoms with E-state index in [-0.39, 0.29) is 6.61 Å². The number of unbranched alkanes of at least 4 members (excludes halogenated alkanes) is 2. The Labute approximate surface area is 114 Å². The van der Waals surface area contributed by atoms with Crippen molar-refractivity contribution in [1.82, 2.24) is 5.32 Å². The molecular weight excluding hydrogens is 242 g/mol. The Morgan fingerprint density at radius 2 is 2.05 bits per heavy atom. The predicted octanol–water partition coefficient (Wildman–Crippen LogP) is 3.06. The lowest BCUT2D eigenvalue weighted by atomic mass is 10.1. The molecule has 0 aromatic heterocycles. The molecule has 0 spiro atoms. The van der Waals surface area contributed by atoms with Crippen LogP contribution in [0, 0.1) is 0 Å². The van der Waals surface area contributed by atoms with Gasteiger partial charge in [0.2, 0.25) is 0 Å². The third-order valence-corrected chi connectivity index (χ3v) is 2.80. The second-order valence-electron chi connectivity index (χ2n) is 4.44. The van der Waals surface area contributed by atoms with Gasteiger partial charge >= 0.3 is 6.09 Å². The molecule has 1 N–H and O–H groups in total. The minimum atomic E-state index is -0.544. The van der Waals surface area contributed by atoms with Gasteiger partial charge in [0.25, 0.3) is 0 Å². The molecule has 0 fully saturated rings. The molecule has 1 rings (SSSR count). The van der Waals surface area contributed by atoms with E-state index in [2.05, 4.69) is 12.2 Å². The van der Waals surface area contributed by atoms with E-state index in [0.29, 0.717) is 6.42 Å². The zero-order valence-corrected chi connectivity index (χ0v) is 11.3. The largest absolute Gasteiger partial charge is 0.445 e. The van der Waals surface area contributed by atoms with E-state index in [1.54, 1.807) is 0 Å². The van der Waals surface area contributed by atoms with E-state index in [9.17, 15) is 9.59 Å². The van der Waals surface area contributed by atoms with Gasteiger partial charge < -0.3 is 14.8 Å². The summed E-state index contributed by atoms with van der Waals surface area (Å²) >= 11 is 0. The monoisotopic (exact) mass is 263 g/mol. The molecule has 1 aromatic rings. The summed E-state index contributed by atoms with van der Waals surface area (Å²) < 4.78 is 5.06. The lowest BCUT2D eigenvalue weighted by Crippen LogP contribution is -2.36. The number of carbonyl (C=O) groups is 2. The van der Waals surface area contributed by atoms with E-state index in [1.807, 2.05) is 30.3 Å². The summed E-state index contributed by atoms with van der Waals surface area (Å²) in [7, 11) is 0. The van der Waals surface area contributed by atoms with Crippen LogP contribution in [-0.2, 0) is 16.1 Å². The minimum absolute atomic E-state index is 0.215. The second kappa shape index (κ2) is 9.14. The molecule has 1 amide bonds. The summed E-state index contributed by atoms with van der Waals surface area (Å²) in [5, 5.41) is 2.57. The normalized spacial score (nSPS) is 11.6. The molecule has 0 unspecified atom stereocenters. The maximum Gasteiger partial charge on any atom is 0.408 e. The average molecular weight is 263 g/mol. The van der Waals surface area contributed by atoms with Crippen molar-refractivity contribution >= 4 is 12.4 Å². The lowest BCUT2D eigenvalue weighted by Gasteiger charge is -2.12. The smallest absolute Gasteiger partial charge is 0.408 e. The second-order valence-corrected chi connectivity index (χ2v) is 4.44. The fraction of sp³-hybridized carbons (Fsp3) is 0.467. The van der Waals surface area contributed by atoms with Gasteiger partial charge in [-0.05, 0) is 12.0 Å². The van der Waals surface area contributed by atoms with Crippen LogP contribution in [0.5, 0.6) is 0 Å². The maximum atomic E-state index is 11.5. The van der Waals surface area contributed by atoms with Gasteiger partial charge in [-0.25, -0.2) is 4.79 Å². The summed E-state index contributed by atoms with van der Waals surface area (Å²) in [4.78, 5) is 22.4. The Kier molecular flexibility index (Phi) is 7.32. The first kappa shape index (κ1) is 15.2. The summed E-state index contributed by atoms with van der Waals surface area (Å²) in [5.74, 6) is 0. The highest BCUT2D eigenvalue weighted by Crippen LogP contribution is 2.03. The Morgan fingerprint density at radius 3 is 2.68 bits per heavy atom. The van der Waals surface area contributed by atoms with Crippen LogP contribution in [0.1, 0.15) is 38.2 Å². The van der Waals surface area contributed by atoms with Gasteiger partial charge in [-0.1, -0.05) is 56.5 Å². The first-order valence-corrected chi connectivity index (χ1v) is 6.68. The number of ether oxygens (including phenoxy) is 1. The van der Waals surface area contributed by atoms with Gasteiger partial charge in [0, 0.05) is 0 Å². The van der Waals surface area contributed by atoms with E-state index < -0.39 is 12.1 Å². The van der Waals surface area contributed by atoms with Crippen LogP contribution in [0.4, 0.5) is 4.79 Å². The standard InChI is InChI=1S/C15H21NO3/c1-2-3-5-10-14(11-17)16-15(18)19-12-13-8-6-4-7-9-13/h4,6-9,11,14H,2-3,5,10,12H2,1H3,(H,16,18)/t14-/m0/s1. The van der Waals surface area contributed by atoms with Gasteiger partial charge in [0.05, 0.1) is 6.04 Å². The first-order chi connectivity index (χ1) is 9.26. The van der Waals surface area contributed by atoms with E-state index in [0.717, 1.165) is 31.1 Å². The molecule has 0 saturated heterocycles. The van der Waals surface area contributed by atoms with Crippen LogP contribution in [0.2, 0.25) is 0 Å². The van der Waals surface area contributed by atoms with E-state index in [1.165, 1.54) is 0 Å². The van der Waals surface area contributed by atoms with Gasteiger partial charge in [0.1, 0.15) is 12.9 Å². The molecule has 0 radical (unpaired) electrons. The molecule has 0 aliphatic carbocycles. The van der Waals surface area contributed by atoms with Crippen LogP contribution in [0.15, 0.2) is 30.3 Å². The molecule has 1 aromatic carbocycles. The predicted molar refractivity (Wildman–Crippen MR) is 73.8 cm³/mol. The zero-order chi connectivity index (χ0) is 13.9. The Morgan fingerprint density at radius 1 is 1.32 bits per heavy atom. The van der Waals surface area contributed by atoms with Crippen molar-refractivity contribution in [2.75, 3.05) is 0 Å². The van der Waals surface area contributed by atoms with Crippen molar-refractivity contribution in [1.29, 1.82) is 0 Å². The van der Waals surface area contributed by atoms with E-state index in [4.69, 9.17) is 4.74 Å². The van der Waals surface area contributed by atoms with Crippen LogP contribution in [0.3, 0.4) is 0 Å². The van der Waals surface area contributed by atoms with Gasteiger partial charge in [-0.15, -0.1) is 0 Å². The van der Waals surface area contributed by atoms with Crippen molar-refractivity contribution in [3.05, 3.63) is 35.9 Å². The van der Waals surface area contributed by atoms with Crippen molar-refractivity contribution in [2.24, 2.45) is 0 Å². The maximum absolute atomic E-state index is 11.5. The quantitative estimate of drug-likeness (QED) is 0.579. The van der Waals surface area contributed by atoms with Crippen LogP contribution in [-0.4, -0.2) is 18.4 Å². The fourth-order valence-corrected chi connectivity index (χ4v) is 1.70. The molecule has 4 nitrogen and oxygen atoms in total. The molecule has 1 atom stereocenters. The van der Waals surface area contributed by atoms with Crippen molar-refractivity contribution in [3.8, 4) is 0 Å². The molecule has 4 heteroatoms. The number of carbonyl (C=O) groups excluding carboxylic acids is 2. The number of benzene rings is 1. The Balaban J connectivity index is 2.27. The van der Waals surface area contributed by atoms with Gasteiger partial charge in [-0.3, -0.25) is 0 Å². The molecule has 0 aliphatic rings. The van der Waals surface area contributed by atoms with Crippen molar-refractivity contribution in [3.63, 3.8) is 0 Å². The molecule has 19 heavy (non-hydrogen) atoms. The highest BCUT2D eigenvalue weighted by atomic mass is 16.5. The summed E-state index contributed by atoms with van der Waals surface area (Å²) in [6.07, 6.45) is 3.96. The van der Waals surface area contributed by atoms with Crippen LogP contribution in [0.25, 0.3) is 0 Å². The zero-order valence-electron chi connectivity index (χ0n) is 11.3. The number of aldehydes is 1. The SMILES string of the molecule is CCCCC[C@@H](C=O)NC(=O)OCc1ccccc1. The highest BCUT2D eigenvalue weighted by molar-refractivity contribution is 5.73. The number of alkyl carbamates (subject to hydrolysis) is 1. The lowest BCUT2D eigenvalue weighted by molar-refractivity contribution is -0.109. The molecule has 0 aliphatic heterocycles.